The minimum atomic E-state index is 0.653. The summed E-state index contributed by atoms with van der Waals surface area (Å²) in [6, 6.07) is 9.05. The highest BCUT2D eigenvalue weighted by molar-refractivity contribution is 5.28. The third-order valence-corrected chi connectivity index (χ3v) is 3.76. The third kappa shape index (κ3) is 4.84. The lowest BCUT2D eigenvalue weighted by Crippen LogP contribution is -2.29. The van der Waals surface area contributed by atoms with E-state index in [4.69, 9.17) is 4.74 Å². The minimum absolute atomic E-state index is 0.653. The van der Waals surface area contributed by atoms with Crippen LogP contribution in [0.5, 0.6) is 5.75 Å². The van der Waals surface area contributed by atoms with Gasteiger partial charge in [0.1, 0.15) is 5.75 Å². The summed E-state index contributed by atoms with van der Waals surface area (Å²) >= 11 is 0. The van der Waals surface area contributed by atoms with Gasteiger partial charge in [0, 0.05) is 12.6 Å². The van der Waals surface area contributed by atoms with Crippen molar-refractivity contribution in [3.05, 3.63) is 29.8 Å². The SMILES string of the molecule is CCOc1cccc(CNC2CCCN(C)CC2)c1. The predicted molar refractivity (Wildman–Crippen MR) is 79.6 cm³/mol. The second-order valence-electron chi connectivity index (χ2n) is 5.39. The number of benzene rings is 1. The first-order chi connectivity index (χ1) is 9.28. The van der Waals surface area contributed by atoms with Gasteiger partial charge in [0.15, 0.2) is 0 Å². The summed E-state index contributed by atoms with van der Waals surface area (Å²) in [5.74, 6) is 0.974. The molecule has 0 aliphatic carbocycles. The van der Waals surface area contributed by atoms with Crippen LogP contribution in [0.25, 0.3) is 0 Å². The van der Waals surface area contributed by atoms with Gasteiger partial charge in [0.2, 0.25) is 0 Å². The molecule has 0 spiro atoms. The van der Waals surface area contributed by atoms with E-state index in [9.17, 15) is 0 Å². The van der Waals surface area contributed by atoms with E-state index in [-0.39, 0.29) is 0 Å². The molecule has 1 aliphatic rings. The molecule has 3 nitrogen and oxygen atoms in total. The van der Waals surface area contributed by atoms with Gasteiger partial charge in [-0.15, -0.1) is 0 Å². The molecule has 1 aromatic carbocycles. The van der Waals surface area contributed by atoms with Gasteiger partial charge in [-0.1, -0.05) is 12.1 Å². The Kier molecular flexibility index (Phi) is 5.67. The molecule has 1 aromatic rings. The van der Waals surface area contributed by atoms with Crippen molar-refractivity contribution in [3.63, 3.8) is 0 Å². The molecule has 106 valence electrons. The molecule has 0 saturated carbocycles. The molecule has 1 unspecified atom stereocenters. The number of hydrogen-bond donors (Lipinski definition) is 1. The number of hydrogen-bond acceptors (Lipinski definition) is 3. The van der Waals surface area contributed by atoms with Crippen LogP contribution in [-0.2, 0) is 6.54 Å². The van der Waals surface area contributed by atoms with Gasteiger partial charge in [0.25, 0.3) is 0 Å². The second-order valence-corrected chi connectivity index (χ2v) is 5.39. The van der Waals surface area contributed by atoms with E-state index < -0.39 is 0 Å². The van der Waals surface area contributed by atoms with Gasteiger partial charge in [-0.25, -0.2) is 0 Å². The fourth-order valence-electron chi connectivity index (χ4n) is 2.62. The van der Waals surface area contributed by atoms with E-state index in [0.717, 1.165) is 18.9 Å². The number of nitrogens with one attached hydrogen (secondary N) is 1. The molecule has 0 bridgehead atoms. The minimum Gasteiger partial charge on any atom is -0.494 e. The average molecular weight is 262 g/mol. The summed E-state index contributed by atoms with van der Waals surface area (Å²) in [7, 11) is 2.22. The van der Waals surface area contributed by atoms with Gasteiger partial charge >= 0.3 is 0 Å². The molecular weight excluding hydrogens is 236 g/mol. The zero-order valence-corrected chi connectivity index (χ0v) is 12.2. The summed E-state index contributed by atoms with van der Waals surface area (Å²) in [5.41, 5.74) is 1.31. The van der Waals surface area contributed by atoms with E-state index in [1.807, 2.05) is 13.0 Å². The van der Waals surface area contributed by atoms with Crippen molar-refractivity contribution in [3.8, 4) is 5.75 Å². The fraction of sp³-hybridized carbons (Fsp3) is 0.625. The summed E-state index contributed by atoms with van der Waals surface area (Å²) in [6.07, 6.45) is 3.84. The van der Waals surface area contributed by atoms with Crippen LogP contribution in [0.1, 0.15) is 31.7 Å². The highest BCUT2D eigenvalue weighted by Gasteiger charge is 2.13. The lowest BCUT2D eigenvalue weighted by molar-refractivity contribution is 0.339. The molecule has 1 heterocycles. The number of nitrogens with zero attached hydrogens (tertiary/aromatic N) is 1. The standard InChI is InChI=1S/C16H26N2O/c1-3-19-16-8-4-6-14(12-16)13-17-15-7-5-10-18(2)11-9-15/h4,6,8,12,15,17H,3,5,7,9-11,13H2,1-2H3. The normalized spacial score (nSPS) is 21.1. The third-order valence-electron chi connectivity index (χ3n) is 3.76. The molecule has 1 N–H and O–H groups in total. The Bertz CT molecular complexity index is 381. The Labute approximate surface area is 116 Å². The van der Waals surface area contributed by atoms with Gasteiger partial charge in [-0.05, 0) is 64.0 Å². The quantitative estimate of drug-likeness (QED) is 0.883. The maximum Gasteiger partial charge on any atom is 0.119 e. The van der Waals surface area contributed by atoms with Crippen molar-refractivity contribution in [2.24, 2.45) is 0 Å². The number of likely N-dealkylation sites (tertiary alicyclic amines) is 1. The van der Waals surface area contributed by atoms with Gasteiger partial charge in [-0.2, -0.15) is 0 Å². The molecular formula is C16H26N2O. The Morgan fingerprint density at radius 1 is 1.32 bits per heavy atom. The van der Waals surface area contributed by atoms with E-state index in [1.165, 1.54) is 37.9 Å². The molecule has 1 saturated heterocycles. The largest absolute Gasteiger partial charge is 0.494 e. The van der Waals surface area contributed by atoms with Crippen molar-refractivity contribution in [1.29, 1.82) is 0 Å². The van der Waals surface area contributed by atoms with Crippen LogP contribution in [0.15, 0.2) is 24.3 Å². The molecule has 3 heteroatoms. The Hall–Kier alpha value is -1.06. The van der Waals surface area contributed by atoms with Crippen molar-refractivity contribution < 1.29 is 4.74 Å². The maximum absolute atomic E-state index is 5.54. The highest BCUT2D eigenvalue weighted by atomic mass is 16.5. The number of ether oxygens (including phenoxy) is 1. The summed E-state index contributed by atoms with van der Waals surface area (Å²) < 4.78 is 5.54. The maximum atomic E-state index is 5.54. The molecule has 0 aromatic heterocycles. The lowest BCUT2D eigenvalue weighted by atomic mass is 10.1. The van der Waals surface area contributed by atoms with E-state index in [1.54, 1.807) is 0 Å². The summed E-state index contributed by atoms with van der Waals surface area (Å²) in [4.78, 5) is 2.43. The smallest absolute Gasteiger partial charge is 0.119 e. The molecule has 1 fully saturated rings. The van der Waals surface area contributed by atoms with Crippen molar-refractivity contribution in [1.82, 2.24) is 10.2 Å². The first-order valence-electron chi connectivity index (χ1n) is 7.41. The first kappa shape index (κ1) is 14.4. The molecule has 1 atom stereocenters. The highest BCUT2D eigenvalue weighted by Crippen LogP contribution is 2.15. The van der Waals surface area contributed by atoms with Crippen molar-refractivity contribution in [2.75, 3.05) is 26.7 Å². The van der Waals surface area contributed by atoms with Crippen LogP contribution in [0.3, 0.4) is 0 Å². The second kappa shape index (κ2) is 7.51. The van der Waals surface area contributed by atoms with Crippen LogP contribution in [0.4, 0.5) is 0 Å². The molecule has 0 amide bonds. The van der Waals surface area contributed by atoms with Gasteiger partial charge < -0.3 is 15.0 Å². The molecule has 2 rings (SSSR count). The molecule has 1 aliphatic heterocycles. The fourth-order valence-corrected chi connectivity index (χ4v) is 2.62. The Balaban J connectivity index is 1.82. The monoisotopic (exact) mass is 262 g/mol. The summed E-state index contributed by atoms with van der Waals surface area (Å²) in [5, 5.41) is 3.69. The summed E-state index contributed by atoms with van der Waals surface area (Å²) in [6.45, 7) is 6.13. The lowest BCUT2D eigenvalue weighted by Gasteiger charge is -2.17. The molecule has 19 heavy (non-hydrogen) atoms. The van der Waals surface area contributed by atoms with E-state index in [2.05, 4.69) is 35.5 Å². The van der Waals surface area contributed by atoms with Gasteiger partial charge in [-0.3, -0.25) is 0 Å². The van der Waals surface area contributed by atoms with Crippen LogP contribution in [-0.4, -0.2) is 37.7 Å². The van der Waals surface area contributed by atoms with Crippen molar-refractivity contribution in [2.45, 2.75) is 38.8 Å². The van der Waals surface area contributed by atoms with E-state index in [0.29, 0.717) is 6.04 Å². The van der Waals surface area contributed by atoms with Crippen molar-refractivity contribution >= 4 is 0 Å². The number of rotatable bonds is 5. The zero-order chi connectivity index (χ0) is 13.5. The Morgan fingerprint density at radius 2 is 2.21 bits per heavy atom. The predicted octanol–water partition coefficient (Wildman–Crippen LogP) is 2.66. The topological polar surface area (TPSA) is 24.5 Å². The van der Waals surface area contributed by atoms with Crippen LogP contribution < -0.4 is 10.1 Å². The molecule has 0 radical (unpaired) electrons. The van der Waals surface area contributed by atoms with Crippen LogP contribution in [0, 0.1) is 0 Å². The Morgan fingerprint density at radius 3 is 3.05 bits per heavy atom. The zero-order valence-electron chi connectivity index (χ0n) is 12.2. The first-order valence-corrected chi connectivity index (χ1v) is 7.41. The average Bonchev–Trinajstić information content (AvgIpc) is 2.62. The van der Waals surface area contributed by atoms with Gasteiger partial charge in [0.05, 0.1) is 6.61 Å². The van der Waals surface area contributed by atoms with Crippen LogP contribution in [0.2, 0.25) is 0 Å². The van der Waals surface area contributed by atoms with Crippen LogP contribution >= 0.6 is 0 Å². The van der Waals surface area contributed by atoms with E-state index >= 15 is 0 Å².